The van der Waals surface area contributed by atoms with Crippen LogP contribution < -0.4 is 10.5 Å². The molecule has 0 aliphatic heterocycles. The lowest BCUT2D eigenvalue weighted by Crippen LogP contribution is -2.12. The molecule has 14 heavy (non-hydrogen) atoms. The molecule has 0 bridgehead atoms. The van der Waals surface area contributed by atoms with Gasteiger partial charge in [0, 0.05) is 11.4 Å². The van der Waals surface area contributed by atoms with E-state index in [-0.39, 0.29) is 0 Å². The first-order valence-electron chi connectivity index (χ1n) is 3.96. The SMILES string of the molecule is NC(=S)CCOc1ccc(Cl)cc1Cl. The first-order chi connectivity index (χ1) is 6.59. The van der Waals surface area contributed by atoms with Crippen molar-refractivity contribution < 1.29 is 4.74 Å². The zero-order chi connectivity index (χ0) is 10.6. The van der Waals surface area contributed by atoms with Crippen molar-refractivity contribution in [2.45, 2.75) is 6.42 Å². The summed E-state index contributed by atoms with van der Waals surface area (Å²) in [6, 6.07) is 5.05. The Kier molecular flexibility index (Phi) is 4.45. The summed E-state index contributed by atoms with van der Waals surface area (Å²) >= 11 is 16.3. The molecular formula is C9H9Cl2NOS. The van der Waals surface area contributed by atoms with Crippen LogP contribution >= 0.6 is 35.4 Å². The highest BCUT2D eigenvalue weighted by atomic mass is 35.5. The van der Waals surface area contributed by atoms with E-state index in [1.54, 1.807) is 18.2 Å². The number of thiocarbonyl (C=S) groups is 1. The summed E-state index contributed by atoms with van der Waals surface area (Å²) in [5, 5.41) is 1.07. The molecule has 0 spiro atoms. The highest BCUT2D eigenvalue weighted by molar-refractivity contribution is 7.80. The molecule has 0 fully saturated rings. The zero-order valence-corrected chi connectivity index (χ0v) is 9.62. The van der Waals surface area contributed by atoms with Crippen molar-refractivity contribution in [1.29, 1.82) is 0 Å². The number of nitrogens with two attached hydrogens (primary N) is 1. The Hall–Kier alpha value is -0.510. The Bertz CT molecular complexity index is 344. The number of ether oxygens (including phenoxy) is 1. The van der Waals surface area contributed by atoms with E-state index in [0.717, 1.165) is 0 Å². The molecule has 76 valence electrons. The first kappa shape index (κ1) is 11.6. The van der Waals surface area contributed by atoms with Gasteiger partial charge in [-0.3, -0.25) is 0 Å². The Morgan fingerprint density at radius 1 is 1.43 bits per heavy atom. The second kappa shape index (κ2) is 5.39. The molecule has 2 N–H and O–H groups in total. The third-order valence-electron chi connectivity index (χ3n) is 1.50. The summed E-state index contributed by atoms with van der Waals surface area (Å²) in [5.74, 6) is 0.590. The van der Waals surface area contributed by atoms with E-state index < -0.39 is 0 Å². The van der Waals surface area contributed by atoms with E-state index in [0.29, 0.717) is 33.8 Å². The fraction of sp³-hybridized carbons (Fsp3) is 0.222. The van der Waals surface area contributed by atoms with Crippen molar-refractivity contribution in [1.82, 2.24) is 0 Å². The second-order valence-corrected chi connectivity index (χ2v) is 4.01. The molecule has 0 aliphatic carbocycles. The van der Waals surface area contributed by atoms with Crippen LogP contribution in [0.5, 0.6) is 5.75 Å². The number of benzene rings is 1. The van der Waals surface area contributed by atoms with E-state index in [2.05, 4.69) is 0 Å². The smallest absolute Gasteiger partial charge is 0.138 e. The average molecular weight is 250 g/mol. The van der Waals surface area contributed by atoms with Gasteiger partial charge in [-0.15, -0.1) is 0 Å². The summed E-state index contributed by atoms with van der Waals surface area (Å²) in [4.78, 5) is 0.426. The molecule has 2 nitrogen and oxygen atoms in total. The van der Waals surface area contributed by atoms with Gasteiger partial charge in [0.05, 0.1) is 16.6 Å². The topological polar surface area (TPSA) is 35.2 Å². The van der Waals surface area contributed by atoms with Crippen molar-refractivity contribution >= 4 is 40.4 Å². The molecule has 5 heteroatoms. The number of halogens is 2. The van der Waals surface area contributed by atoms with Crippen LogP contribution in [0.2, 0.25) is 10.0 Å². The summed E-state index contributed by atoms with van der Waals surface area (Å²) in [5.41, 5.74) is 5.32. The van der Waals surface area contributed by atoms with Gasteiger partial charge in [-0.05, 0) is 18.2 Å². The number of hydrogen-bond donors (Lipinski definition) is 1. The first-order valence-corrected chi connectivity index (χ1v) is 5.12. The standard InChI is InChI=1S/C9H9Cl2NOS/c10-6-1-2-8(7(11)5-6)13-4-3-9(12)14/h1-2,5H,3-4H2,(H2,12,14). The van der Waals surface area contributed by atoms with Gasteiger partial charge in [-0.25, -0.2) is 0 Å². The molecule has 0 aliphatic rings. The van der Waals surface area contributed by atoms with Crippen LogP contribution in [0, 0.1) is 0 Å². The average Bonchev–Trinajstić information content (AvgIpc) is 2.08. The molecule has 0 saturated carbocycles. The van der Waals surface area contributed by atoms with Crippen LogP contribution in [0.25, 0.3) is 0 Å². The van der Waals surface area contributed by atoms with Gasteiger partial charge in [0.25, 0.3) is 0 Å². The van der Waals surface area contributed by atoms with E-state index in [1.807, 2.05) is 0 Å². The lowest BCUT2D eigenvalue weighted by Gasteiger charge is -2.07. The van der Waals surface area contributed by atoms with E-state index in [1.165, 1.54) is 0 Å². The summed E-state index contributed by atoms with van der Waals surface area (Å²) in [7, 11) is 0. The van der Waals surface area contributed by atoms with Gasteiger partial charge < -0.3 is 10.5 Å². The number of hydrogen-bond acceptors (Lipinski definition) is 2. The van der Waals surface area contributed by atoms with Crippen LogP contribution in [0.15, 0.2) is 18.2 Å². The molecule has 1 aromatic carbocycles. The molecule has 0 unspecified atom stereocenters. The van der Waals surface area contributed by atoms with Crippen LogP contribution in [0.3, 0.4) is 0 Å². The summed E-state index contributed by atoms with van der Waals surface area (Å²) in [6.07, 6.45) is 0.536. The van der Waals surface area contributed by atoms with Crippen molar-refractivity contribution in [3.05, 3.63) is 28.2 Å². The largest absolute Gasteiger partial charge is 0.492 e. The van der Waals surface area contributed by atoms with Crippen LogP contribution in [-0.2, 0) is 0 Å². The third kappa shape index (κ3) is 3.70. The maximum atomic E-state index is 5.87. The Labute approximate surface area is 97.9 Å². The van der Waals surface area contributed by atoms with Gasteiger partial charge in [0.1, 0.15) is 5.75 Å². The molecular weight excluding hydrogens is 241 g/mol. The molecule has 0 amide bonds. The minimum absolute atomic E-state index is 0.426. The van der Waals surface area contributed by atoms with Crippen molar-refractivity contribution in [2.75, 3.05) is 6.61 Å². The Morgan fingerprint density at radius 2 is 2.14 bits per heavy atom. The Balaban J connectivity index is 2.55. The molecule has 0 aromatic heterocycles. The molecule has 0 saturated heterocycles. The fourth-order valence-corrected chi connectivity index (χ4v) is 1.40. The maximum absolute atomic E-state index is 5.87. The molecule has 0 heterocycles. The van der Waals surface area contributed by atoms with Crippen molar-refractivity contribution in [2.24, 2.45) is 5.73 Å². The lowest BCUT2D eigenvalue weighted by atomic mass is 10.3. The normalized spacial score (nSPS) is 9.86. The predicted octanol–water partition coefficient (Wildman–Crippen LogP) is 3.05. The predicted molar refractivity (Wildman–Crippen MR) is 63.4 cm³/mol. The van der Waals surface area contributed by atoms with Gasteiger partial charge in [0.2, 0.25) is 0 Å². The minimum atomic E-state index is 0.426. The lowest BCUT2D eigenvalue weighted by molar-refractivity contribution is 0.330. The zero-order valence-electron chi connectivity index (χ0n) is 7.30. The maximum Gasteiger partial charge on any atom is 0.138 e. The summed E-state index contributed by atoms with van der Waals surface area (Å²) < 4.78 is 5.34. The van der Waals surface area contributed by atoms with Gasteiger partial charge in [-0.1, -0.05) is 35.4 Å². The quantitative estimate of drug-likeness (QED) is 0.834. The van der Waals surface area contributed by atoms with Crippen LogP contribution in [0.1, 0.15) is 6.42 Å². The molecule has 0 radical (unpaired) electrons. The minimum Gasteiger partial charge on any atom is -0.492 e. The van der Waals surface area contributed by atoms with Crippen LogP contribution in [-0.4, -0.2) is 11.6 Å². The fourth-order valence-electron chi connectivity index (χ4n) is 0.854. The molecule has 0 atom stereocenters. The third-order valence-corrected chi connectivity index (χ3v) is 2.23. The molecule has 1 rings (SSSR count). The van der Waals surface area contributed by atoms with Gasteiger partial charge >= 0.3 is 0 Å². The van der Waals surface area contributed by atoms with Crippen molar-refractivity contribution in [3.63, 3.8) is 0 Å². The number of rotatable bonds is 4. The van der Waals surface area contributed by atoms with Crippen LogP contribution in [0.4, 0.5) is 0 Å². The van der Waals surface area contributed by atoms with Crippen molar-refractivity contribution in [3.8, 4) is 5.75 Å². The monoisotopic (exact) mass is 249 g/mol. The van der Waals surface area contributed by atoms with E-state index in [4.69, 9.17) is 45.9 Å². The van der Waals surface area contributed by atoms with Gasteiger partial charge in [0.15, 0.2) is 0 Å². The second-order valence-electron chi connectivity index (χ2n) is 2.64. The van der Waals surface area contributed by atoms with E-state index in [9.17, 15) is 0 Å². The van der Waals surface area contributed by atoms with Gasteiger partial charge in [-0.2, -0.15) is 0 Å². The molecule has 1 aromatic rings. The Morgan fingerprint density at radius 3 is 2.71 bits per heavy atom. The highest BCUT2D eigenvalue weighted by Gasteiger charge is 2.01. The highest BCUT2D eigenvalue weighted by Crippen LogP contribution is 2.27. The summed E-state index contributed by atoms with van der Waals surface area (Å²) in [6.45, 7) is 0.427. The van der Waals surface area contributed by atoms with E-state index >= 15 is 0 Å².